The van der Waals surface area contributed by atoms with E-state index in [1.54, 1.807) is 0 Å². The largest absolute Gasteiger partial charge is 0.494 e. The highest BCUT2D eigenvalue weighted by Gasteiger charge is 2.27. The molecule has 1 atom stereocenters. The first-order valence-corrected chi connectivity index (χ1v) is 8.65. The van der Waals surface area contributed by atoms with Gasteiger partial charge in [0.2, 0.25) is 0 Å². The molecule has 2 rings (SSSR count). The molecule has 1 unspecified atom stereocenters. The zero-order valence-corrected chi connectivity index (χ0v) is 13.6. The lowest BCUT2D eigenvalue weighted by Crippen LogP contribution is -2.20. The highest BCUT2D eigenvalue weighted by atomic mass is 16.5. The van der Waals surface area contributed by atoms with Crippen LogP contribution in [0.1, 0.15) is 70.5 Å². The van der Waals surface area contributed by atoms with Crippen molar-refractivity contribution in [3.05, 3.63) is 29.8 Å². The summed E-state index contributed by atoms with van der Waals surface area (Å²) in [5.41, 5.74) is 1.04. The van der Waals surface area contributed by atoms with Gasteiger partial charge in [-0.1, -0.05) is 51.2 Å². The SMILES string of the molecule is CCCCC1CCC(C(O)c2ccc(OCC)cc2)CC1. The fourth-order valence-electron chi connectivity index (χ4n) is 3.49. The third kappa shape index (κ3) is 4.74. The number of aliphatic hydroxyl groups excluding tert-OH is 1. The van der Waals surface area contributed by atoms with Gasteiger partial charge in [-0.2, -0.15) is 0 Å². The van der Waals surface area contributed by atoms with Gasteiger partial charge >= 0.3 is 0 Å². The van der Waals surface area contributed by atoms with Crippen LogP contribution in [0.2, 0.25) is 0 Å². The molecular formula is C19H30O2. The first kappa shape index (κ1) is 16.4. The maximum atomic E-state index is 10.6. The van der Waals surface area contributed by atoms with E-state index in [9.17, 15) is 5.11 Å². The smallest absolute Gasteiger partial charge is 0.119 e. The summed E-state index contributed by atoms with van der Waals surface area (Å²) >= 11 is 0. The predicted octanol–water partition coefficient (Wildman–Crippen LogP) is 5.12. The highest BCUT2D eigenvalue weighted by Crippen LogP contribution is 2.38. The van der Waals surface area contributed by atoms with E-state index in [-0.39, 0.29) is 6.10 Å². The number of hydrogen-bond donors (Lipinski definition) is 1. The van der Waals surface area contributed by atoms with Gasteiger partial charge in [0.25, 0.3) is 0 Å². The third-order valence-electron chi connectivity index (χ3n) is 4.84. The van der Waals surface area contributed by atoms with Crippen molar-refractivity contribution in [2.75, 3.05) is 6.61 Å². The molecule has 1 N–H and O–H groups in total. The highest BCUT2D eigenvalue weighted by molar-refractivity contribution is 5.28. The normalized spacial score (nSPS) is 23.8. The van der Waals surface area contributed by atoms with Crippen LogP contribution in [-0.4, -0.2) is 11.7 Å². The monoisotopic (exact) mass is 290 g/mol. The number of benzene rings is 1. The molecule has 2 heteroatoms. The Morgan fingerprint density at radius 3 is 2.33 bits per heavy atom. The van der Waals surface area contributed by atoms with Crippen molar-refractivity contribution in [3.63, 3.8) is 0 Å². The molecule has 2 nitrogen and oxygen atoms in total. The van der Waals surface area contributed by atoms with Crippen molar-refractivity contribution in [2.24, 2.45) is 11.8 Å². The Bertz CT molecular complexity index is 391. The molecule has 1 aromatic carbocycles. The Labute approximate surface area is 129 Å². The maximum Gasteiger partial charge on any atom is 0.119 e. The first-order valence-electron chi connectivity index (χ1n) is 8.65. The Morgan fingerprint density at radius 1 is 1.10 bits per heavy atom. The average Bonchev–Trinajstić information content (AvgIpc) is 2.54. The van der Waals surface area contributed by atoms with E-state index in [1.165, 1.54) is 44.9 Å². The second-order valence-corrected chi connectivity index (χ2v) is 6.37. The van der Waals surface area contributed by atoms with Gasteiger partial charge in [-0.3, -0.25) is 0 Å². The van der Waals surface area contributed by atoms with Crippen molar-refractivity contribution in [1.82, 2.24) is 0 Å². The molecule has 1 aliphatic rings. The molecule has 0 radical (unpaired) electrons. The van der Waals surface area contributed by atoms with Crippen molar-refractivity contribution in [2.45, 2.75) is 64.9 Å². The molecule has 1 aliphatic carbocycles. The fraction of sp³-hybridized carbons (Fsp3) is 0.684. The van der Waals surface area contributed by atoms with Gasteiger partial charge in [0.15, 0.2) is 0 Å². The summed E-state index contributed by atoms with van der Waals surface area (Å²) in [7, 11) is 0. The molecule has 0 heterocycles. The predicted molar refractivity (Wildman–Crippen MR) is 87.5 cm³/mol. The second kappa shape index (κ2) is 8.43. The van der Waals surface area contributed by atoms with Crippen molar-refractivity contribution in [1.29, 1.82) is 0 Å². The molecule has 21 heavy (non-hydrogen) atoms. The maximum absolute atomic E-state index is 10.6. The number of rotatable bonds is 7. The zero-order valence-electron chi connectivity index (χ0n) is 13.6. The number of aliphatic hydroxyl groups is 1. The molecule has 1 fully saturated rings. The van der Waals surface area contributed by atoms with Crippen LogP contribution in [0, 0.1) is 11.8 Å². The topological polar surface area (TPSA) is 29.5 Å². The van der Waals surface area contributed by atoms with Gasteiger partial charge in [0.1, 0.15) is 5.75 Å². The Hall–Kier alpha value is -1.02. The minimum atomic E-state index is -0.312. The Morgan fingerprint density at radius 2 is 1.76 bits per heavy atom. The van der Waals surface area contributed by atoms with Gasteiger partial charge in [-0.05, 0) is 49.3 Å². The lowest BCUT2D eigenvalue weighted by atomic mass is 9.76. The van der Waals surface area contributed by atoms with E-state index in [1.807, 2.05) is 31.2 Å². The van der Waals surface area contributed by atoms with Crippen LogP contribution >= 0.6 is 0 Å². The fourth-order valence-corrected chi connectivity index (χ4v) is 3.49. The molecule has 0 spiro atoms. The Balaban J connectivity index is 1.84. The van der Waals surface area contributed by atoms with Crippen LogP contribution in [-0.2, 0) is 0 Å². The van der Waals surface area contributed by atoms with E-state index in [2.05, 4.69) is 6.92 Å². The summed E-state index contributed by atoms with van der Waals surface area (Å²) in [6.07, 6.45) is 8.64. The molecular weight excluding hydrogens is 260 g/mol. The molecule has 0 saturated heterocycles. The van der Waals surface area contributed by atoms with E-state index >= 15 is 0 Å². The molecule has 118 valence electrons. The summed E-state index contributed by atoms with van der Waals surface area (Å²) in [6.45, 7) is 4.94. The molecule has 0 bridgehead atoms. The van der Waals surface area contributed by atoms with Gasteiger partial charge in [-0.25, -0.2) is 0 Å². The summed E-state index contributed by atoms with van der Waals surface area (Å²) in [6, 6.07) is 7.96. The van der Waals surface area contributed by atoms with Crippen LogP contribution in [0.3, 0.4) is 0 Å². The molecule has 0 amide bonds. The number of unbranched alkanes of at least 4 members (excludes halogenated alkanes) is 1. The number of ether oxygens (including phenoxy) is 1. The van der Waals surface area contributed by atoms with Crippen molar-refractivity contribution >= 4 is 0 Å². The molecule has 1 aromatic rings. The minimum absolute atomic E-state index is 0.312. The van der Waals surface area contributed by atoms with Crippen LogP contribution in [0.15, 0.2) is 24.3 Å². The van der Waals surface area contributed by atoms with E-state index in [0.29, 0.717) is 12.5 Å². The minimum Gasteiger partial charge on any atom is -0.494 e. The second-order valence-electron chi connectivity index (χ2n) is 6.37. The van der Waals surface area contributed by atoms with E-state index < -0.39 is 0 Å². The number of hydrogen-bond acceptors (Lipinski definition) is 2. The summed E-state index contributed by atoms with van der Waals surface area (Å²) in [4.78, 5) is 0. The summed E-state index contributed by atoms with van der Waals surface area (Å²) in [5.74, 6) is 2.21. The lowest BCUT2D eigenvalue weighted by Gasteiger charge is -2.31. The van der Waals surface area contributed by atoms with Crippen LogP contribution in [0.5, 0.6) is 5.75 Å². The van der Waals surface area contributed by atoms with Crippen molar-refractivity contribution < 1.29 is 9.84 Å². The summed E-state index contributed by atoms with van der Waals surface area (Å²) < 4.78 is 5.46. The van der Waals surface area contributed by atoms with Gasteiger partial charge in [-0.15, -0.1) is 0 Å². The quantitative estimate of drug-likeness (QED) is 0.755. The first-order chi connectivity index (χ1) is 10.2. The van der Waals surface area contributed by atoms with Gasteiger partial charge < -0.3 is 9.84 Å². The van der Waals surface area contributed by atoms with Crippen LogP contribution in [0.25, 0.3) is 0 Å². The summed E-state index contributed by atoms with van der Waals surface area (Å²) in [5, 5.41) is 10.6. The van der Waals surface area contributed by atoms with Crippen LogP contribution < -0.4 is 4.74 Å². The molecule has 0 aliphatic heterocycles. The zero-order chi connectivity index (χ0) is 15.1. The third-order valence-corrected chi connectivity index (χ3v) is 4.84. The molecule has 1 saturated carbocycles. The van der Waals surface area contributed by atoms with Gasteiger partial charge in [0, 0.05) is 0 Å². The lowest BCUT2D eigenvalue weighted by molar-refractivity contribution is 0.0720. The van der Waals surface area contributed by atoms with Crippen molar-refractivity contribution in [3.8, 4) is 5.75 Å². The van der Waals surface area contributed by atoms with Crippen LogP contribution in [0.4, 0.5) is 0 Å². The molecule has 0 aromatic heterocycles. The average molecular weight is 290 g/mol. The van der Waals surface area contributed by atoms with E-state index in [4.69, 9.17) is 4.74 Å². The van der Waals surface area contributed by atoms with Gasteiger partial charge in [0.05, 0.1) is 12.7 Å². The Kier molecular flexibility index (Phi) is 6.56. The van der Waals surface area contributed by atoms with E-state index in [0.717, 1.165) is 17.2 Å². The standard InChI is InChI=1S/C19H30O2/c1-3-5-6-15-7-9-16(10-8-15)19(20)17-11-13-18(14-12-17)21-4-2/h11-16,19-20H,3-10H2,1-2H3.